The van der Waals surface area contributed by atoms with Crippen LogP contribution in [0.2, 0.25) is 0 Å². The van der Waals surface area contributed by atoms with Gasteiger partial charge in [-0.15, -0.1) is 0 Å². The first kappa shape index (κ1) is 18.5. The van der Waals surface area contributed by atoms with Gasteiger partial charge < -0.3 is 19.5 Å². The third-order valence-electron chi connectivity index (χ3n) is 3.09. The van der Waals surface area contributed by atoms with Gasteiger partial charge >= 0.3 is 0 Å². The van der Waals surface area contributed by atoms with Gasteiger partial charge in [-0.2, -0.15) is 0 Å². The van der Waals surface area contributed by atoms with Crippen molar-refractivity contribution in [1.29, 1.82) is 0 Å². The zero-order valence-corrected chi connectivity index (χ0v) is 14.0. The van der Waals surface area contributed by atoms with E-state index in [1.54, 1.807) is 18.2 Å². The van der Waals surface area contributed by atoms with E-state index in [4.69, 9.17) is 14.2 Å². The standard InChI is InChI=1S/C18H19F2NO4/c1-3-23-16-8-5-12(9-17(16)24-4-2)21-18(22)11-25-13-6-7-14(19)15(20)10-13/h5-10H,3-4,11H2,1-2H3,(H,21,22). The normalized spacial score (nSPS) is 10.2. The summed E-state index contributed by atoms with van der Waals surface area (Å²) in [5.74, 6) is -1.29. The number of amides is 1. The minimum atomic E-state index is -1.04. The molecule has 5 nitrogen and oxygen atoms in total. The Kier molecular flexibility index (Phi) is 6.56. The number of ether oxygens (including phenoxy) is 3. The highest BCUT2D eigenvalue weighted by Gasteiger charge is 2.10. The molecule has 0 saturated heterocycles. The van der Waals surface area contributed by atoms with Gasteiger partial charge in [-0.05, 0) is 38.1 Å². The SMILES string of the molecule is CCOc1ccc(NC(=O)COc2ccc(F)c(F)c2)cc1OCC. The zero-order chi connectivity index (χ0) is 18.2. The van der Waals surface area contributed by atoms with Gasteiger partial charge in [-0.1, -0.05) is 0 Å². The second-order valence-electron chi connectivity index (χ2n) is 4.94. The van der Waals surface area contributed by atoms with Crippen LogP contribution < -0.4 is 19.5 Å². The fourth-order valence-electron chi connectivity index (χ4n) is 2.04. The lowest BCUT2D eigenvalue weighted by atomic mass is 10.2. The van der Waals surface area contributed by atoms with Gasteiger partial charge in [0, 0.05) is 17.8 Å². The third kappa shape index (κ3) is 5.34. The predicted octanol–water partition coefficient (Wildman–Crippen LogP) is 3.78. The molecule has 7 heteroatoms. The van der Waals surface area contributed by atoms with E-state index in [9.17, 15) is 13.6 Å². The molecule has 0 aliphatic heterocycles. The Morgan fingerprint density at radius 1 is 0.920 bits per heavy atom. The number of hydrogen-bond donors (Lipinski definition) is 1. The summed E-state index contributed by atoms with van der Waals surface area (Å²) < 4.78 is 42.0. The second-order valence-corrected chi connectivity index (χ2v) is 4.94. The van der Waals surface area contributed by atoms with E-state index in [1.807, 2.05) is 13.8 Å². The Balaban J connectivity index is 1.97. The number of nitrogens with one attached hydrogen (secondary N) is 1. The summed E-state index contributed by atoms with van der Waals surface area (Å²) >= 11 is 0. The first-order valence-corrected chi connectivity index (χ1v) is 7.80. The number of halogens is 2. The lowest BCUT2D eigenvalue weighted by molar-refractivity contribution is -0.118. The monoisotopic (exact) mass is 351 g/mol. The van der Waals surface area contributed by atoms with E-state index in [-0.39, 0.29) is 12.4 Å². The van der Waals surface area contributed by atoms with Crippen molar-refractivity contribution in [1.82, 2.24) is 0 Å². The summed E-state index contributed by atoms with van der Waals surface area (Å²) in [6.45, 7) is 4.31. The zero-order valence-electron chi connectivity index (χ0n) is 14.0. The van der Waals surface area contributed by atoms with Crippen molar-refractivity contribution < 1.29 is 27.8 Å². The lowest BCUT2D eigenvalue weighted by Gasteiger charge is -2.13. The maximum atomic E-state index is 13.1. The number of hydrogen-bond acceptors (Lipinski definition) is 4. The van der Waals surface area contributed by atoms with Crippen molar-refractivity contribution in [3.05, 3.63) is 48.0 Å². The molecular weight excluding hydrogens is 332 g/mol. The largest absolute Gasteiger partial charge is 0.490 e. The third-order valence-corrected chi connectivity index (χ3v) is 3.09. The molecule has 25 heavy (non-hydrogen) atoms. The van der Waals surface area contributed by atoms with Gasteiger partial charge in [0.05, 0.1) is 13.2 Å². The molecule has 0 fully saturated rings. The average Bonchev–Trinajstić information content (AvgIpc) is 2.59. The van der Waals surface area contributed by atoms with Crippen LogP contribution in [0.5, 0.6) is 17.2 Å². The maximum Gasteiger partial charge on any atom is 0.262 e. The smallest absolute Gasteiger partial charge is 0.262 e. The number of rotatable bonds is 8. The van der Waals surface area contributed by atoms with Crippen LogP contribution in [0.1, 0.15) is 13.8 Å². The van der Waals surface area contributed by atoms with E-state index < -0.39 is 17.5 Å². The number of carbonyl (C=O) groups is 1. The van der Waals surface area contributed by atoms with Crippen molar-refractivity contribution in [3.8, 4) is 17.2 Å². The van der Waals surface area contributed by atoms with E-state index in [1.165, 1.54) is 6.07 Å². The molecule has 0 aliphatic rings. The molecule has 2 aromatic rings. The van der Waals surface area contributed by atoms with Gasteiger partial charge in [0.1, 0.15) is 5.75 Å². The number of anilines is 1. The molecule has 2 aromatic carbocycles. The van der Waals surface area contributed by atoms with E-state index in [0.717, 1.165) is 12.1 Å². The summed E-state index contributed by atoms with van der Waals surface area (Å²) in [5.41, 5.74) is 0.505. The van der Waals surface area contributed by atoms with Crippen LogP contribution in [0.15, 0.2) is 36.4 Å². The molecule has 0 heterocycles. The summed E-state index contributed by atoms with van der Waals surface area (Å²) in [5, 5.41) is 2.64. The van der Waals surface area contributed by atoms with Gasteiger partial charge in [0.25, 0.3) is 5.91 Å². The molecular formula is C18H19F2NO4. The molecule has 134 valence electrons. The fourth-order valence-corrected chi connectivity index (χ4v) is 2.04. The number of carbonyl (C=O) groups excluding carboxylic acids is 1. The molecule has 0 spiro atoms. The van der Waals surface area contributed by atoms with Crippen LogP contribution in [0.4, 0.5) is 14.5 Å². The first-order valence-electron chi connectivity index (χ1n) is 7.80. The van der Waals surface area contributed by atoms with E-state index in [0.29, 0.717) is 30.4 Å². The second kappa shape index (κ2) is 8.86. The summed E-state index contributed by atoms with van der Waals surface area (Å²) in [7, 11) is 0. The van der Waals surface area contributed by atoms with Crippen molar-refractivity contribution in [2.45, 2.75) is 13.8 Å². The van der Waals surface area contributed by atoms with Crippen molar-refractivity contribution in [3.63, 3.8) is 0 Å². The van der Waals surface area contributed by atoms with Gasteiger partial charge in [-0.3, -0.25) is 4.79 Å². The maximum absolute atomic E-state index is 13.1. The minimum Gasteiger partial charge on any atom is -0.490 e. The average molecular weight is 351 g/mol. The highest BCUT2D eigenvalue weighted by Crippen LogP contribution is 2.30. The molecule has 2 rings (SSSR count). The molecule has 0 radical (unpaired) electrons. The Labute approximate surface area is 144 Å². The van der Waals surface area contributed by atoms with Crippen LogP contribution in [0, 0.1) is 11.6 Å². The molecule has 0 atom stereocenters. The molecule has 0 bridgehead atoms. The highest BCUT2D eigenvalue weighted by atomic mass is 19.2. The summed E-state index contributed by atoms with van der Waals surface area (Å²) in [4.78, 5) is 11.9. The topological polar surface area (TPSA) is 56.8 Å². The molecule has 0 unspecified atom stereocenters. The number of benzene rings is 2. The van der Waals surface area contributed by atoms with Gasteiger partial charge in [-0.25, -0.2) is 8.78 Å². The molecule has 1 N–H and O–H groups in total. The minimum absolute atomic E-state index is 0.0655. The Bertz CT molecular complexity index is 737. The Hall–Kier alpha value is -2.83. The fraction of sp³-hybridized carbons (Fsp3) is 0.278. The van der Waals surface area contributed by atoms with E-state index >= 15 is 0 Å². The Morgan fingerprint density at radius 3 is 2.32 bits per heavy atom. The molecule has 0 saturated carbocycles. The van der Waals surface area contributed by atoms with Crippen molar-refractivity contribution in [2.75, 3.05) is 25.1 Å². The van der Waals surface area contributed by atoms with Crippen LogP contribution in [0.3, 0.4) is 0 Å². The predicted molar refractivity (Wildman–Crippen MR) is 89.3 cm³/mol. The quantitative estimate of drug-likeness (QED) is 0.786. The molecule has 0 aliphatic carbocycles. The summed E-state index contributed by atoms with van der Waals surface area (Å²) in [6, 6.07) is 8.07. The first-order chi connectivity index (χ1) is 12.0. The Morgan fingerprint density at radius 2 is 1.64 bits per heavy atom. The van der Waals surface area contributed by atoms with Crippen LogP contribution >= 0.6 is 0 Å². The molecule has 0 aromatic heterocycles. The van der Waals surface area contributed by atoms with Gasteiger partial charge in [0.15, 0.2) is 29.7 Å². The van der Waals surface area contributed by atoms with E-state index in [2.05, 4.69) is 5.32 Å². The van der Waals surface area contributed by atoms with Crippen molar-refractivity contribution in [2.24, 2.45) is 0 Å². The lowest BCUT2D eigenvalue weighted by Crippen LogP contribution is -2.20. The van der Waals surface area contributed by atoms with Crippen LogP contribution in [-0.2, 0) is 4.79 Å². The van der Waals surface area contributed by atoms with Crippen molar-refractivity contribution >= 4 is 11.6 Å². The summed E-state index contributed by atoms with van der Waals surface area (Å²) in [6.07, 6.45) is 0. The van der Waals surface area contributed by atoms with Gasteiger partial charge in [0.2, 0.25) is 0 Å². The highest BCUT2D eigenvalue weighted by molar-refractivity contribution is 5.92. The van der Waals surface area contributed by atoms with Crippen LogP contribution in [-0.4, -0.2) is 25.7 Å². The molecule has 1 amide bonds. The van der Waals surface area contributed by atoms with Crippen LogP contribution in [0.25, 0.3) is 0 Å².